The van der Waals surface area contributed by atoms with Crippen molar-refractivity contribution in [2.24, 2.45) is 0 Å². The van der Waals surface area contributed by atoms with Gasteiger partial charge in [-0.1, -0.05) is 64.7 Å². The fourth-order valence-electron chi connectivity index (χ4n) is 3.27. The van der Waals surface area contributed by atoms with E-state index in [1.807, 2.05) is 0 Å². The van der Waals surface area contributed by atoms with Gasteiger partial charge in [0.25, 0.3) is 0 Å². The maximum atomic E-state index is 10.1. The highest BCUT2D eigenvalue weighted by Crippen LogP contribution is 2.17. The second-order valence-corrected chi connectivity index (χ2v) is 9.29. The Hall–Kier alpha value is -0.330. The van der Waals surface area contributed by atoms with Crippen molar-refractivity contribution in [2.45, 2.75) is 102 Å². The summed E-state index contributed by atoms with van der Waals surface area (Å²) in [6.07, 6.45) is 13.9. The maximum absolute atomic E-state index is 10.1. The zero-order chi connectivity index (χ0) is 24.0. The molecule has 0 saturated heterocycles. The maximum Gasteiger partial charge on any atom is 0.217 e. The lowest BCUT2D eigenvalue weighted by atomic mass is 9.87. The zero-order valence-corrected chi connectivity index (χ0v) is 20.4. The Labute approximate surface area is 189 Å². The molecule has 0 aromatic heterocycles. The Morgan fingerprint density at radius 3 is 1.74 bits per heavy atom. The van der Waals surface area contributed by atoms with Crippen molar-refractivity contribution in [2.75, 3.05) is 33.5 Å². The fraction of sp³-hybridized carbons (Fsp3) is 1.00. The number of unbranched alkanes of at least 4 members (excludes halogenated alkanes) is 9. The molecule has 6 N–H and O–H groups in total. The number of ether oxygens (including phenoxy) is 1. The van der Waals surface area contributed by atoms with Crippen LogP contribution in [0.15, 0.2) is 0 Å². The van der Waals surface area contributed by atoms with Gasteiger partial charge in [-0.2, -0.15) is 0 Å². The molecule has 0 aliphatic rings. The molecule has 0 spiro atoms. The van der Waals surface area contributed by atoms with Crippen LogP contribution in [0.3, 0.4) is 0 Å². The summed E-state index contributed by atoms with van der Waals surface area (Å²) in [4.78, 5) is 0. The molecule has 1 atom stereocenters. The summed E-state index contributed by atoms with van der Waals surface area (Å²) in [6.45, 7) is 3.30. The molecule has 0 aliphatic carbocycles. The van der Waals surface area contributed by atoms with Crippen LogP contribution in [0.25, 0.3) is 0 Å². The summed E-state index contributed by atoms with van der Waals surface area (Å²) in [5.41, 5.74) is 3.59. The molecule has 0 radical (unpaired) electrons. The molecule has 0 aromatic rings. The van der Waals surface area contributed by atoms with Crippen LogP contribution in [-0.4, -0.2) is 73.5 Å². The molecule has 0 amide bonds. The third-order valence-corrected chi connectivity index (χ3v) is 5.52. The molecule has 0 saturated carbocycles. The van der Waals surface area contributed by atoms with E-state index < -0.39 is 22.0 Å². The highest BCUT2D eigenvalue weighted by Gasteiger charge is 2.31. The second-order valence-electron chi connectivity index (χ2n) is 8.14. The minimum Gasteiger partial charge on any atom is -0.726 e. The molecule has 10 heteroatoms. The molecule has 0 aromatic carbocycles. The van der Waals surface area contributed by atoms with E-state index in [0.717, 1.165) is 13.5 Å². The number of hydrogen-bond acceptors (Lipinski definition) is 8. The molecule has 0 rings (SSSR count). The third kappa shape index (κ3) is 25.8. The summed E-state index contributed by atoms with van der Waals surface area (Å²) in [5.74, 6) is 0. The van der Waals surface area contributed by atoms with E-state index in [2.05, 4.69) is 16.8 Å². The average Bonchev–Trinajstić information content (AvgIpc) is 2.69. The van der Waals surface area contributed by atoms with Gasteiger partial charge in [-0.3, -0.25) is 4.18 Å². The van der Waals surface area contributed by atoms with E-state index >= 15 is 0 Å². The highest BCUT2D eigenvalue weighted by atomic mass is 32.3. The number of rotatable bonds is 20. The summed E-state index contributed by atoms with van der Waals surface area (Å²) in [6, 6.07) is 0. The van der Waals surface area contributed by atoms with Crippen molar-refractivity contribution in [3.8, 4) is 0 Å². The first-order chi connectivity index (χ1) is 14.6. The van der Waals surface area contributed by atoms with Gasteiger partial charge in [0.2, 0.25) is 10.4 Å². The van der Waals surface area contributed by atoms with E-state index in [9.17, 15) is 18.1 Å². The van der Waals surface area contributed by atoms with E-state index in [1.165, 1.54) is 57.8 Å². The van der Waals surface area contributed by atoms with Gasteiger partial charge in [-0.15, -0.1) is 0 Å². The van der Waals surface area contributed by atoms with E-state index in [4.69, 9.17) is 14.9 Å². The normalized spacial score (nSPS) is 13.0. The van der Waals surface area contributed by atoms with Crippen molar-refractivity contribution in [3.05, 3.63) is 0 Å². The van der Waals surface area contributed by atoms with Crippen LogP contribution in [0.2, 0.25) is 0 Å². The summed E-state index contributed by atoms with van der Waals surface area (Å²) in [5, 5.41) is 28.3. The lowest BCUT2D eigenvalue weighted by Crippen LogP contribution is -2.74. The number of quaternary nitrogens is 1. The molecule has 9 nitrogen and oxygen atoms in total. The Balaban J connectivity index is 0. The van der Waals surface area contributed by atoms with Crippen molar-refractivity contribution in [1.29, 1.82) is 0 Å². The quantitative estimate of drug-likeness (QED) is 0.117. The van der Waals surface area contributed by atoms with Gasteiger partial charge < -0.3 is 30.3 Å². The first-order valence-electron chi connectivity index (χ1n) is 11.5. The number of hydrogen-bond donors (Lipinski definition) is 4. The molecule has 1 unspecified atom stereocenters. The van der Waals surface area contributed by atoms with E-state index in [1.54, 1.807) is 0 Å². The van der Waals surface area contributed by atoms with Gasteiger partial charge in [0.15, 0.2) is 0 Å². The van der Waals surface area contributed by atoms with Crippen molar-refractivity contribution >= 4 is 10.4 Å². The number of aliphatic hydroxyl groups excluding tert-OH is 3. The second kappa shape index (κ2) is 21.5. The molecule has 31 heavy (non-hydrogen) atoms. The largest absolute Gasteiger partial charge is 0.726 e. The lowest BCUT2D eigenvalue weighted by molar-refractivity contribution is -0.488. The van der Waals surface area contributed by atoms with Crippen LogP contribution in [0.5, 0.6) is 0 Å². The van der Waals surface area contributed by atoms with Crippen LogP contribution in [0, 0.1) is 0 Å². The first-order valence-corrected chi connectivity index (χ1v) is 12.8. The number of aliphatic hydroxyl groups is 3. The lowest BCUT2D eigenvalue weighted by Gasteiger charge is -2.27. The van der Waals surface area contributed by atoms with Gasteiger partial charge in [0.1, 0.15) is 5.54 Å². The predicted molar refractivity (Wildman–Crippen MR) is 119 cm³/mol. The highest BCUT2D eigenvalue weighted by molar-refractivity contribution is 7.80. The molecular formula is C21H47NO8S. The van der Waals surface area contributed by atoms with Crippen molar-refractivity contribution in [3.63, 3.8) is 0 Å². The summed E-state index contributed by atoms with van der Waals surface area (Å²) < 4.78 is 36.6. The molecule has 0 aliphatic heterocycles. The predicted octanol–water partition coefficient (Wildman–Crippen LogP) is 1.51. The molecule has 0 heterocycles. The monoisotopic (exact) mass is 473 g/mol. The van der Waals surface area contributed by atoms with Crippen LogP contribution < -0.4 is 5.73 Å². The molecule has 190 valence electrons. The Morgan fingerprint density at radius 1 is 0.935 bits per heavy atom. The van der Waals surface area contributed by atoms with E-state index in [-0.39, 0.29) is 13.2 Å². The minimum atomic E-state index is -4.41. The fourth-order valence-corrected chi connectivity index (χ4v) is 3.27. The SMILES string of the molecule is CCCCCCCCCCCCOCC(O)CC([NH3+])(CCO)CCO.COS(=O)(=O)[O-]. The zero-order valence-electron chi connectivity index (χ0n) is 19.6. The molecular weight excluding hydrogens is 426 g/mol. The third-order valence-electron chi connectivity index (χ3n) is 5.11. The standard InChI is InChI=1S/C20H43NO4.CH4O4S/c1-2-3-4-5-6-7-8-9-10-11-16-25-18-19(24)17-20(21,12-14-22)13-15-23;1-5-6(2,3)4/h19,22-24H,2-18,21H2,1H3;1H3,(H,2,3,4). The van der Waals surface area contributed by atoms with Gasteiger partial charge >= 0.3 is 0 Å². The Bertz CT molecular complexity index is 470. The smallest absolute Gasteiger partial charge is 0.217 e. The first kappa shape index (κ1) is 32.8. The van der Waals surface area contributed by atoms with E-state index in [0.29, 0.717) is 32.5 Å². The topological polar surface area (TPSA) is 164 Å². The van der Waals surface area contributed by atoms with Gasteiger partial charge in [0, 0.05) is 39.1 Å². The van der Waals surface area contributed by atoms with Crippen LogP contribution in [0.4, 0.5) is 0 Å². The van der Waals surface area contributed by atoms with Crippen LogP contribution >= 0.6 is 0 Å². The average molecular weight is 474 g/mol. The summed E-state index contributed by atoms with van der Waals surface area (Å²) >= 11 is 0. The Kier molecular flexibility index (Phi) is 22.8. The van der Waals surface area contributed by atoms with Gasteiger partial charge in [0.05, 0.1) is 19.8 Å². The molecule has 0 bridgehead atoms. The van der Waals surface area contributed by atoms with Crippen LogP contribution in [0.1, 0.15) is 90.4 Å². The minimum absolute atomic E-state index is 0.0235. The Morgan fingerprint density at radius 2 is 1.35 bits per heavy atom. The van der Waals surface area contributed by atoms with Gasteiger partial charge in [-0.25, -0.2) is 8.42 Å². The molecule has 0 fully saturated rings. The summed E-state index contributed by atoms with van der Waals surface area (Å²) in [7, 11) is -3.60. The van der Waals surface area contributed by atoms with Crippen molar-refractivity contribution in [1.82, 2.24) is 0 Å². The van der Waals surface area contributed by atoms with Crippen molar-refractivity contribution < 1.29 is 42.9 Å². The van der Waals surface area contributed by atoms with Gasteiger partial charge in [-0.05, 0) is 6.42 Å². The van der Waals surface area contributed by atoms with Crippen LogP contribution in [-0.2, 0) is 19.3 Å².